The Kier molecular flexibility index (Phi) is 4.32. The first-order chi connectivity index (χ1) is 7.84. The third-order valence-electron chi connectivity index (χ3n) is 3.18. The summed E-state index contributed by atoms with van der Waals surface area (Å²) < 4.78 is 0. The van der Waals surface area contributed by atoms with Crippen LogP contribution in [-0.4, -0.2) is 29.4 Å². The fraction of sp³-hybridized carbons (Fsp3) is 0.692. The van der Waals surface area contributed by atoms with E-state index in [0.717, 1.165) is 17.6 Å². The maximum Gasteiger partial charge on any atom is 0.251 e. The molecule has 0 aliphatic carbocycles. The third-order valence-corrected chi connectivity index (χ3v) is 3.18. The quantitative estimate of drug-likeness (QED) is 0.810. The van der Waals surface area contributed by atoms with E-state index in [1.165, 1.54) is 6.92 Å². The molecule has 4 heteroatoms. The number of amides is 2. The molecule has 1 rings (SSSR count). The summed E-state index contributed by atoms with van der Waals surface area (Å²) in [5.41, 5.74) is 1.71. The maximum absolute atomic E-state index is 12.0. The molecule has 1 aliphatic rings. The fourth-order valence-electron chi connectivity index (χ4n) is 1.95. The molecule has 0 radical (unpaired) electrons. The van der Waals surface area contributed by atoms with Crippen molar-refractivity contribution in [2.24, 2.45) is 5.92 Å². The van der Waals surface area contributed by atoms with Gasteiger partial charge in [-0.1, -0.05) is 13.8 Å². The first-order valence-corrected chi connectivity index (χ1v) is 6.10. The summed E-state index contributed by atoms with van der Waals surface area (Å²) in [6.45, 7) is 10.1. The molecule has 96 valence electrons. The monoisotopic (exact) mass is 238 g/mol. The molecule has 1 heterocycles. The molecule has 0 spiro atoms. The molecule has 17 heavy (non-hydrogen) atoms. The highest BCUT2D eigenvalue weighted by atomic mass is 16.2. The Labute approximate surface area is 103 Å². The number of nitrogens with zero attached hydrogens (tertiary/aromatic N) is 1. The highest BCUT2D eigenvalue weighted by Gasteiger charge is 2.34. The highest BCUT2D eigenvalue weighted by Crippen LogP contribution is 2.24. The van der Waals surface area contributed by atoms with Gasteiger partial charge in [0.1, 0.15) is 6.17 Å². The lowest BCUT2D eigenvalue weighted by atomic mass is 10.1. The van der Waals surface area contributed by atoms with Crippen LogP contribution in [0.5, 0.6) is 0 Å². The van der Waals surface area contributed by atoms with E-state index >= 15 is 0 Å². The Balaban J connectivity index is 2.80. The first-order valence-electron chi connectivity index (χ1n) is 6.10. The zero-order valence-corrected chi connectivity index (χ0v) is 11.3. The predicted octanol–water partition coefficient (Wildman–Crippen LogP) is 1.67. The summed E-state index contributed by atoms with van der Waals surface area (Å²) >= 11 is 0. The fourth-order valence-corrected chi connectivity index (χ4v) is 1.95. The minimum Gasteiger partial charge on any atom is -0.332 e. The van der Waals surface area contributed by atoms with E-state index in [4.69, 9.17) is 0 Å². The van der Waals surface area contributed by atoms with Crippen molar-refractivity contribution in [2.45, 2.75) is 47.2 Å². The summed E-state index contributed by atoms with van der Waals surface area (Å²) in [5.74, 6) is 0.482. The molecule has 0 aromatic heterocycles. The molecule has 1 N–H and O–H groups in total. The van der Waals surface area contributed by atoms with E-state index < -0.39 is 0 Å². The lowest BCUT2D eigenvalue weighted by Crippen LogP contribution is -2.47. The molecule has 0 bridgehead atoms. The van der Waals surface area contributed by atoms with Gasteiger partial charge in [-0.25, -0.2) is 0 Å². The van der Waals surface area contributed by atoms with Crippen LogP contribution in [0.3, 0.4) is 0 Å². The molecule has 2 amide bonds. The summed E-state index contributed by atoms with van der Waals surface area (Å²) in [4.78, 5) is 25.0. The van der Waals surface area contributed by atoms with Gasteiger partial charge in [0, 0.05) is 19.0 Å². The molecular formula is C13H22N2O2. The number of hydrogen-bond donors (Lipinski definition) is 1. The van der Waals surface area contributed by atoms with Gasteiger partial charge >= 0.3 is 0 Å². The van der Waals surface area contributed by atoms with Crippen LogP contribution >= 0.6 is 0 Å². The average Bonchev–Trinajstić information content (AvgIpc) is 2.41. The number of hydrogen-bond acceptors (Lipinski definition) is 2. The molecule has 0 fully saturated rings. The summed E-state index contributed by atoms with van der Waals surface area (Å²) in [5, 5.41) is 2.83. The standard InChI is InChI=1S/C13H22N2O2/c1-8(2)6-7-15-12(14-11(5)16)9(3)10(4)13(15)17/h8,12H,6-7H2,1-5H3,(H,14,16)/t12-/m0/s1. The third kappa shape index (κ3) is 3.08. The number of carbonyl (C=O) groups excluding carboxylic acids is 2. The van der Waals surface area contributed by atoms with E-state index in [9.17, 15) is 9.59 Å². The first kappa shape index (κ1) is 13.7. The van der Waals surface area contributed by atoms with Crippen LogP contribution in [0.25, 0.3) is 0 Å². The van der Waals surface area contributed by atoms with Crippen molar-refractivity contribution < 1.29 is 9.59 Å². The van der Waals surface area contributed by atoms with Gasteiger partial charge in [0.25, 0.3) is 5.91 Å². The molecule has 1 aliphatic heterocycles. The summed E-state index contributed by atoms with van der Waals surface area (Å²) in [7, 11) is 0. The van der Waals surface area contributed by atoms with Crippen molar-refractivity contribution in [1.29, 1.82) is 0 Å². The van der Waals surface area contributed by atoms with E-state index in [0.29, 0.717) is 12.5 Å². The molecule has 0 aromatic rings. The van der Waals surface area contributed by atoms with Crippen molar-refractivity contribution in [3.8, 4) is 0 Å². The minimum atomic E-state index is -0.251. The highest BCUT2D eigenvalue weighted by molar-refractivity contribution is 5.97. The Bertz CT molecular complexity index is 358. The predicted molar refractivity (Wildman–Crippen MR) is 67.1 cm³/mol. The van der Waals surface area contributed by atoms with Gasteiger partial charge in [-0.3, -0.25) is 9.59 Å². The Morgan fingerprint density at radius 2 is 2.00 bits per heavy atom. The zero-order valence-electron chi connectivity index (χ0n) is 11.3. The molecule has 1 atom stereocenters. The summed E-state index contributed by atoms with van der Waals surface area (Å²) in [6.07, 6.45) is 0.696. The van der Waals surface area contributed by atoms with Gasteiger partial charge in [0.05, 0.1) is 0 Å². The second kappa shape index (κ2) is 5.34. The lowest BCUT2D eigenvalue weighted by Gasteiger charge is -2.27. The average molecular weight is 238 g/mol. The van der Waals surface area contributed by atoms with Crippen molar-refractivity contribution in [2.75, 3.05) is 6.54 Å². The van der Waals surface area contributed by atoms with Gasteiger partial charge in [-0.15, -0.1) is 0 Å². The van der Waals surface area contributed by atoms with E-state index in [-0.39, 0.29) is 18.0 Å². The van der Waals surface area contributed by atoms with Gasteiger partial charge < -0.3 is 10.2 Å². The van der Waals surface area contributed by atoms with Crippen LogP contribution in [0.15, 0.2) is 11.1 Å². The smallest absolute Gasteiger partial charge is 0.251 e. The second-order valence-electron chi connectivity index (χ2n) is 5.09. The lowest BCUT2D eigenvalue weighted by molar-refractivity contribution is -0.129. The Morgan fingerprint density at radius 1 is 1.41 bits per heavy atom. The zero-order chi connectivity index (χ0) is 13.2. The van der Waals surface area contributed by atoms with Crippen LogP contribution in [0.1, 0.15) is 41.0 Å². The van der Waals surface area contributed by atoms with Gasteiger partial charge in [-0.05, 0) is 31.8 Å². The number of rotatable bonds is 4. The normalized spacial score (nSPS) is 20.5. The summed E-state index contributed by atoms with van der Waals surface area (Å²) in [6, 6.07) is 0. The molecule has 4 nitrogen and oxygen atoms in total. The molecule has 0 aromatic carbocycles. The van der Waals surface area contributed by atoms with Gasteiger partial charge in [0.15, 0.2) is 0 Å². The maximum atomic E-state index is 12.0. The Morgan fingerprint density at radius 3 is 2.47 bits per heavy atom. The molecule has 0 saturated heterocycles. The SMILES string of the molecule is CC(=O)N[C@@H]1C(C)=C(C)C(=O)N1CCC(C)C. The Hall–Kier alpha value is -1.32. The van der Waals surface area contributed by atoms with Crippen LogP contribution in [0.4, 0.5) is 0 Å². The van der Waals surface area contributed by atoms with Crippen molar-refractivity contribution in [1.82, 2.24) is 10.2 Å². The van der Waals surface area contributed by atoms with Crippen LogP contribution < -0.4 is 5.32 Å². The second-order valence-corrected chi connectivity index (χ2v) is 5.09. The van der Waals surface area contributed by atoms with Crippen LogP contribution in [-0.2, 0) is 9.59 Å². The van der Waals surface area contributed by atoms with Crippen LogP contribution in [0, 0.1) is 5.92 Å². The minimum absolute atomic E-state index is 0.0434. The van der Waals surface area contributed by atoms with E-state index in [1.54, 1.807) is 4.90 Å². The topological polar surface area (TPSA) is 49.4 Å². The largest absolute Gasteiger partial charge is 0.332 e. The number of carbonyl (C=O) groups is 2. The molecule has 0 saturated carbocycles. The van der Waals surface area contributed by atoms with E-state index in [2.05, 4.69) is 19.2 Å². The molecular weight excluding hydrogens is 216 g/mol. The van der Waals surface area contributed by atoms with Gasteiger partial charge in [0.2, 0.25) is 5.91 Å². The number of nitrogens with one attached hydrogen (secondary N) is 1. The van der Waals surface area contributed by atoms with Gasteiger partial charge in [-0.2, -0.15) is 0 Å². The van der Waals surface area contributed by atoms with Crippen molar-refractivity contribution in [3.05, 3.63) is 11.1 Å². The van der Waals surface area contributed by atoms with Crippen LogP contribution in [0.2, 0.25) is 0 Å². The van der Waals surface area contributed by atoms with Crippen molar-refractivity contribution >= 4 is 11.8 Å². The molecule has 0 unspecified atom stereocenters. The van der Waals surface area contributed by atoms with E-state index in [1.807, 2.05) is 13.8 Å². The van der Waals surface area contributed by atoms with Crippen molar-refractivity contribution in [3.63, 3.8) is 0 Å².